The molecule has 0 unspecified atom stereocenters. The molecule has 0 spiro atoms. The Bertz CT molecular complexity index is 524. The van der Waals surface area contributed by atoms with E-state index in [2.05, 4.69) is 15.5 Å². The third kappa shape index (κ3) is 2.47. The summed E-state index contributed by atoms with van der Waals surface area (Å²) < 4.78 is 0. The highest BCUT2D eigenvalue weighted by molar-refractivity contribution is 7.15. The highest BCUT2D eigenvalue weighted by Crippen LogP contribution is 2.58. The monoisotopic (exact) mass is 283 g/mol. The van der Waals surface area contributed by atoms with E-state index in [4.69, 9.17) is 5.11 Å². The van der Waals surface area contributed by atoms with Crippen molar-refractivity contribution >= 4 is 28.3 Å². The lowest BCUT2D eigenvalue weighted by atomic mass is 10.1. The molecule has 19 heavy (non-hydrogen) atoms. The van der Waals surface area contributed by atoms with Crippen molar-refractivity contribution in [1.29, 1.82) is 0 Å². The number of carbonyl (C=O) groups is 2. The van der Waals surface area contributed by atoms with Crippen molar-refractivity contribution in [3.05, 3.63) is 5.01 Å². The van der Waals surface area contributed by atoms with Crippen LogP contribution in [0.3, 0.4) is 0 Å². The van der Waals surface area contributed by atoms with Gasteiger partial charge in [0.25, 0.3) is 0 Å². The molecule has 7 heteroatoms. The Labute approximate surface area is 115 Å². The van der Waals surface area contributed by atoms with E-state index in [0.29, 0.717) is 5.13 Å². The summed E-state index contributed by atoms with van der Waals surface area (Å²) in [5.74, 6) is -2.08. The highest BCUT2D eigenvalue weighted by atomic mass is 32.1. The highest BCUT2D eigenvalue weighted by Gasteiger charge is 2.66. The number of hydrogen-bond donors (Lipinski definition) is 2. The Morgan fingerprint density at radius 1 is 1.32 bits per heavy atom. The van der Waals surface area contributed by atoms with Gasteiger partial charge in [0, 0.05) is 5.92 Å². The van der Waals surface area contributed by atoms with Crippen LogP contribution < -0.4 is 5.32 Å². The fourth-order valence-corrected chi connectivity index (χ4v) is 3.04. The molecule has 1 fully saturated rings. The zero-order valence-electron chi connectivity index (χ0n) is 11.3. The summed E-state index contributed by atoms with van der Waals surface area (Å²) in [6.45, 7) is 7.57. The maximum Gasteiger partial charge on any atom is 0.307 e. The molecule has 0 saturated heterocycles. The van der Waals surface area contributed by atoms with Gasteiger partial charge >= 0.3 is 5.97 Å². The summed E-state index contributed by atoms with van der Waals surface area (Å²) in [7, 11) is 0. The van der Waals surface area contributed by atoms with Crippen LogP contribution in [0, 0.1) is 17.3 Å². The predicted molar refractivity (Wildman–Crippen MR) is 71.0 cm³/mol. The fourth-order valence-electron chi connectivity index (χ4n) is 2.29. The van der Waals surface area contributed by atoms with Crippen LogP contribution in [0.15, 0.2) is 0 Å². The van der Waals surface area contributed by atoms with E-state index in [0.717, 1.165) is 5.01 Å². The molecule has 2 rings (SSSR count). The second kappa shape index (κ2) is 4.56. The first-order valence-corrected chi connectivity index (χ1v) is 6.94. The van der Waals surface area contributed by atoms with Crippen molar-refractivity contribution in [3.8, 4) is 0 Å². The smallest absolute Gasteiger partial charge is 0.307 e. The largest absolute Gasteiger partial charge is 0.481 e. The molecule has 6 nitrogen and oxygen atoms in total. The fraction of sp³-hybridized carbons (Fsp3) is 0.667. The van der Waals surface area contributed by atoms with Crippen molar-refractivity contribution in [2.45, 2.75) is 33.6 Å². The molecule has 1 heterocycles. The molecule has 2 atom stereocenters. The van der Waals surface area contributed by atoms with Crippen LogP contribution in [-0.2, 0) is 9.59 Å². The molecule has 1 aromatic rings. The molecule has 1 aromatic heterocycles. The van der Waals surface area contributed by atoms with Gasteiger partial charge in [0.05, 0.1) is 11.8 Å². The minimum Gasteiger partial charge on any atom is -0.481 e. The molecule has 0 aliphatic heterocycles. The van der Waals surface area contributed by atoms with Gasteiger partial charge in [-0.2, -0.15) is 0 Å². The van der Waals surface area contributed by atoms with Gasteiger partial charge < -0.3 is 10.4 Å². The average molecular weight is 283 g/mol. The van der Waals surface area contributed by atoms with Gasteiger partial charge in [0.2, 0.25) is 11.0 Å². The summed E-state index contributed by atoms with van der Waals surface area (Å²) in [6.07, 6.45) is 0. The number of hydrogen-bond acceptors (Lipinski definition) is 5. The van der Waals surface area contributed by atoms with Crippen LogP contribution in [0.5, 0.6) is 0 Å². The molecule has 1 aliphatic carbocycles. The van der Waals surface area contributed by atoms with Crippen molar-refractivity contribution < 1.29 is 14.7 Å². The lowest BCUT2D eigenvalue weighted by Gasteiger charge is -2.01. The first-order valence-electron chi connectivity index (χ1n) is 6.12. The minimum absolute atomic E-state index is 0.257. The van der Waals surface area contributed by atoms with Gasteiger partial charge in [-0.15, -0.1) is 10.2 Å². The number of nitrogens with zero attached hydrogens (tertiary/aromatic N) is 2. The van der Waals surface area contributed by atoms with Gasteiger partial charge in [-0.3, -0.25) is 9.59 Å². The number of aliphatic carboxylic acids is 1. The van der Waals surface area contributed by atoms with E-state index in [1.165, 1.54) is 11.3 Å². The van der Waals surface area contributed by atoms with E-state index < -0.39 is 23.2 Å². The summed E-state index contributed by atoms with van der Waals surface area (Å²) >= 11 is 1.32. The minimum atomic E-state index is -0.926. The van der Waals surface area contributed by atoms with Crippen molar-refractivity contribution in [3.63, 3.8) is 0 Å². The van der Waals surface area contributed by atoms with Crippen molar-refractivity contribution in [1.82, 2.24) is 10.2 Å². The number of carboxylic acids is 1. The van der Waals surface area contributed by atoms with E-state index in [-0.39, 0.29) is 11.8 Å². The number of rotatable bonds is 4. The second-order valence-corrected chi connectivity index (χ2v) is 6.71. The van der Waals surface area contributed by atoms with Crippen LogP contribution in [0.25, 0.3) is 0 Å². The Kier molecular flexibility index (Phi) is 3.34. The molecule has 1 aliphatic rings. The van der Waals surface area contributed by atoms with Crippen LogP contribution in [-0.4, -0.2) is 27.2 Å². The van der Waals surface area contributed by atoms with Gasteiger partial charge in [-0.25, -0.2) is 0 Å². The maximum atomic E-state index is 12.0. The summed E-state index contributed by atoms with van der Waals surface area (Å²) in [4.78, 5) is 23.1. The third-order valence-corrected chi connectivity index (χ3v) is 4.68. The normalized spacial score (nSPS) is 24.3. The Balaban J connectivity index is 2.04. The molecular formula is C12H17N3O3S. The van der Waals surface area contributed by atoms with E-state index in [1.807, 2.05) is 13.8 Å². The topological polar surface area (TPSA) is 92.2 Å². The van der Waals surface area contributed by atoms with Gasteiger partial charge in [-0.05, 0) is 5.41 Å². The number of carboxylic acid groups (broad SMARTS) is 1. The van der Waals surface area contributed by atoms with Crippen LogP contribution in [0.1, 0.15) is 38.6 Å². The van der Waals surface area contributed by atoms with E-state index in [9.17, 15) is 9.59 Å². The molecule has 0 radical (unpaired) electrons. The lowest BCUT2D eigenvalue weighted by molar-refractivity contribution is -0.140. The van der Waals surface area contributed by atoms with Crippen molar-refractivity contribution in [2.75, 3.05) is 5.32 Å². The van der Waals surface area contributed by atoms with Crippen LogP contribution in [0.2, 0.25) is 0 Å². The molecule has 1 amide bonds. The molecule has 1 saturated carbocycles. The Hall–Kier alpha value is -1.50. The molecule has 0 bridgehead atoms. The van der Waals surface area contributed by atoms with Crippen LogP contribution in [0.4, 0.5) is 5.13 Å². The molecule has 2 N–H and O–H groups in total. The quantitative estimate of drug-likeness (QED) is 0.881. The Morgan fingerprint density at radius 3 is 2.37 bits per heavy atom. The standard InChI is InChI=1S/C12H17N3O3S/c1-5(2)9-14-15-11(19-9)13-8(16)6-7(10(17)18)12(6,3)4/h5-7H,1-4H3,(H,17,18)(H,13,15,16)/t6-,7+/m0/s1. The van der Waals surface area contributed by atoms with E-state index in [1.54, 1.807) is 13.8 Å². The van der Waals surface area contributed by atoms with Crippen LogP contribution >= 0.6 is 11.3 Å². The maximum absolute atomic E-state index is 12.0. The Morgan fingerprint density at radius 2 is 1.95 bits per heavy atom. The zero-order chi connectivity index (χ0) is 14.4. The third-order valence-electron chi connectivity index (χ3n) is 3.54. The molecular weight excluding hydrogens is 266 g/mol. The van der Waals surface area contributed by atoms with Gasteiger partial charge in [0.1, 0.15) is 5.01 Å². The summed E-state index contributed by atoms with van der Waals surface area (Å²) in [5, 5.41) is 20.9. The summed E-state index contributed by atoms with van der Waals surface area (Å²) in [6, 6.07) is 0. The molecule has 0 aromatic carbocycles. The first kappa shape index (κ1) is 13.9. The lowest BCUT2D eigenvalue weighted by Crippen LogP contribution is -2.17. The van der Waals surface area contributed by atoms with Gasteiger partial charge in [0.15, 0.2) is 0 Å². The SMILES string of the molecule is CC(C)c1nnc(NC(=O)[C@@H]2[C@H](C(=O)O)C2(C)C)s1. The van der Waals surface area contributed by atoms with E-state index >= 15 is 0 Å². The average Bonchev–Trinajstić information content (AvgIpc) is 2.67. The number of anilines is 1. The zero-order valence-corrected chi connectivity index (χ0v) is 12.1. The number of nitrogens with one attached hydrogen (secondary N) is 1. The first-order chi connectivity index (χ1) is 8.75. The second-order valence-electron chi connectivity index (χ2n) is 5.70. The number of amides is 1. The predicted octanol–water partition coefficient (Wildman–Crippen LogP) is 1.96. The summed E-state index contributed by atoms with van der Waals surface area (Å²) in [5.41, 5.74) is -0.499. The van der Waals surface area contributed by atoms with Gasteiger partial charge in [-0.1, -0.05) is 39.0 Å². The number of aromatic nitrogens is 2. The van der Waals surface area contributed by atoms with Crippen molar-refractivity contribution in [2.24, 2.45) is 17.3 Å². The molecule has 104 valence electrons. The number of carbonyl (C=O) groups excluding carboxylic acids is 1.